The first-order valence-corrected chi connectivity index (χ1v) is 15.1. The van der Waals surface area contributed by atoms with Crippen molar-refractivity contribution in [3.8, 4) is 10.4 Å². The molecule has 1 aromatic carbocycles. The first kappa shape index (κ1) is 28.1. The van der Waals surface area contributed by atoms with Gasteiger partial charge in [0.05, 0.1) is 28.2 Å². The number of nitrogens with zero attached hydrogens (tertiary/aromatic N) is 2. The monoisotopic (exact) mass is 544 g/mol. The van der Waals surface area contributed by atoms with E-state index in [1.165, 1.54) is 12.8 Å². The Morgan fingerprint density at radius 1 is 1.27 bits per heavy atom. The van der Waals surface area contributed by atoms with Gasteiger partial charge in [-0.25, -0.2) is 4.98 Å². The van der Waals surface area contributed by atoms with Crippen molar-refractivity contribution in [1.82, 2.24) is 20.5 Å². The summed E-state index contributed by atoms with van der Waals surface area (Å²) in [5.74, 6) is 1.47. The van der Waals surface area contributed by atoms with Gasteiger partial charge in [-0.1, -0.05) is 38.1 Å². The van der Waals surface area contributed by atoms with Gasteiger partial charge in [-0.15, -0.1) is 11.3 Å². The number of likely N-dealkylation sites (tertiary alicyclic amines) is 1. The Hall–Kier alpha value is -1.94. The van der Waals surface area contributed by atoms with Gasteiger partial charge in [-0.3, -0.25) is 9.59 Å². The van der Waals surface area contributed by atoms with Crippen LogP contribution >= 0.6 is 23.1 Å². The third kappa shape index (κ3) is 7.34. The normalized spacial score (nSPS) is 21.7. The maximum absolute atomic E-state index is 13.3. The number of amides is 2. The average Bonchev–Trinajstić information content (AvgIpc) is 3.49. The highest BCUT2D eigenvalue weighted by Gasteiger charge is 2.40. The van der Waals surface area contributed by atoms with Gasteiger partial charge in [0, 0.05) is 24.1 Å². The summed E-state index contributed by atoms with van der Waals surface area (Å²) < 4.78 is -0.220. The van der Waals surface area contributed by atoms with Gasteiger partial charge in [0.25, 0.3) is 0 Å². The van der Waals surface area contributed by atoms with E-state index in [9.17, 15) is 14.7 Å². The zero-order chi connectivity index (χ0) is 26.6. The summed E-state index contributed by atoms with van der Waals surface area (Å²) in [4.78, 5) is 33.6. The number of carbonyl (C=O) groups excluding carboxylic acids is 2. The van der Waals surface area contributed by atoms with Crippen LogP contribution in [0.15, 0.2) is 29.8 Å². The molecule has 0 bridgehead atoms. The molecule has 0 spiro atoms. The molecule has 2 aromatic rings. The number of aliphatic hydroxyl groups is 1. The highest BCUT2D eigenvalue weighted by atomic mass is 32.2. The molecule has 7 nitrogen and oxygen atoms in total. The van der Waals surface area contributed by atoms with Crippen LogP contribution in [-0.2, 0) is 9.59 Å². The summed E-state index contributed by atoms with van der Waals surface area (Å²) in [5, 5.41) is 16.8. The minimum absolute atomic E-state index is 0.0588. The van der Waals surface area contributed by atoms with Crippen LogP contribution in [0.5, 0.6) is 0 Å². The third-order valence-electron chi connectivity index (χ3n) is 7.42. The quantitative estimate of drug-likeness (QED) is 0.439. The van der Waals surface area contributed by atoms with Crippen LogP contribution in [-0.4, -0.2) is 69.1 Å². The minimum Gasteiger partial charge on any atom is -0.391 e. The highest BCUT2D eigenvalue weighted by molar-refractivity contribution is 8.00. The van der Waals surface area contributed by atoms with Crippen LogP contribution in [0.2, 0.25) is 0 Å². The van der Waals surface area contributed by atoms with Gasteiger partial charge >= 0.3 is 0 Å². The molecule has 3 atom stereocenters. The number of benzene rings is 1. The Labute approximate surface area is 228 Å². The summed E-state index contributed by atoms with van der Waals surface area (Å²) in [6.07, 6.45) is 2.32. The fourth-order valence-corrected chi connectivity index (χ4v) is 7.20. The Balaban J connectivity index is 1.33. The van der Waals surface area contributed by atoms with Crippen molar-refractivity contribution < 1.29 is 14.7 Å². The molecule has 3 heterocycles. The zero-order valence-corrected chi connectivity index (χ0v) is 24.0. The maximum atomic E-state index is 13.3. The number of hydrogen-bond donors (Lipinski definition) is 3. The molecular weight excluding hydrogens is 504 g/mol. The van der Waals surface area contributed by atoms with Crippen LogP contribution in [0.3, 0.4) is 0 Å². The van der Waals surface area contributed by atoms with Gasteiger partial charge in [-0.05, 0) is 62.6 Å². The minimum atomic E-state index is -0.678. The van der Waals surface area contributed by atoms with Crippen LogP contribution in [0.1, 0.15) is 63.8 Å². The number of thioether (sulfide) groups is 1. The number of aryl methyl sites for hydroxylation is 1. The number of aliphatic hydroxyl groups excluding tert-OH is 1. The largest absolute Gasteiger partial charge is 0.391 e. The number of nitrogens with one attached hydrogen (secondary N) is 2. The van der Waals surface area contributed by atoms with E-state index >= 15 is 0 Å². The van der Waals surface area contributed by atoms with E-state index in [2.05, 4.69) is 41.6 Å². The lowest BCUT2D eigenvalue weighted by Gasteiger charge is -2.31. The van der Waals surface area contributed by atoms with Crippen LogP contribution in [0.25, 0.3) is 10.4 Å². The fourth-order valence-electron chi connectivity index (χ4n) is 5.14. The van der Waals surface area contributed by atoms with Crippen molar-refractivity contribution >= 4 is 34.9 Å². The van der Waals surface area contributed by atoms with Gasteiger partial charge in [0.2, 0.25) is 11.8 Å². The predicted molar refractivity (Wildman–Crippen MR) is 152 cm³/mol. The van der Waals surface area contributed by atoms with Gasteiger partial charge in [0.15, 0.2) is 0 Å². The third-order valence-corrected chi connectivity index (χ3v) is 9.97. The molecule has 2 fully saturated rings. The molecule has 2 aliphatic heterocycles. The molecule has 0 aliphatic carbocycles. The highest BCUT2D eigenvalue weighted by Crippen LogP contribution is 2.34. The van der Waals surface area contributed by atoms with Gasteiger partial charge < -0.3 is 20.6 Å². The van der Waals surface area contributed by atoms with Crippen molar-refractivity contribution in [2.24, 2.45) is 5.92 Å². The number of hydrogen-bond acceptors (Lipinski definition) is 7. The maximum Gasteiger partial charge on any atom is 0.243 e. The molecule has 2 aliphatic rings. The first-order chi connectivity index (χ1) is 17.6. The SMILES string of the molecule is Cc1ncsc1-c1ccc([C@H](C)NC(=O)C2CC(O)CN2C(=O)CC(C)(C)SCC2CCNCC2)cc1. The summed E-state index contributed by atoms with van der Waals surface area (Å²) in [5.41, 5.74) is 4.96. The Bertz CT molecular complexity index is 1070. The molecule has 3 N–H and O–H groups in total. The second-order valence-corrected chi connectivity index (χ2v) is 13.6. The molecule has 2 saturated heterocycles. The Morgan fingerprint density at radius 3 is 2.62 bits per heavy atom. The van der Waals surface area contributed by atoms with Crippen LogP contribution in [0.4, 0.5) is 0 Å². The van der Waals surface area contributed by atoms with E-state index in [0.29, 0.717) is 12.3 Å². The van der Waals surface area contributed by atoms with E-state index in [4.69, 9.17) is 0 Å². The topological polar surface area (TPSA) is 94.6 Å². The number of thiazole rings is 1. The Morgan fingerprint density at radius 2 is 1.97 bits per heavy atom. The smallest absolute Gasteiger partial charge is 0.243 e. The summed E-state index contributed by atoms with van der Waals surface area (Å²) in [6.45, 7) is 10.5. The predicted octanol–water partition coefficient (Wildman–Crippen LogP) is 4.16. The van der Waals surface area contributed by atoms with Crippen LogP contribution < -0.4 is 10.6 Å². The first-order valence-electron chi connectivity index (χ1n) is 13.3. The fraction of sp³-hybridized carbons (Fsp3) is 0.607. The summed E-state index contributed by atoms with van der Waals surface area (Å²) in [6, 6.07) is 7.29. The lowest BCUT2D eigenvalue weighted by atomic mass is 10.0. The Kier molecular flexibility index (Phi) is 9.32. The average molecular weight is 545 g/mol. The van der Waals surface area contributed by atoms with Crippen molar-refractivity contribution in [3.05, 3.63) is 41.0 Å². The lowest BCUT2D eigenvalue weighted by molar-refractivity contribution is -0.139. The molecule has 2 amide bonds. The van der Waals surface area contributed by atoms with E-state index in [1.807, 2.05) is 43.3 Å². The standard InChI is InChI=1S/C28H40N4O3S2/c1-18(21-5-7-22(8-6-21)26-19(2)30-17-36-26)31-27(35)24-13-23(33)15-32(24)25(34)14-28(3,4)37-16-20-9-11-29-12-10-20/h5-8,17-18,20,23-24,29,33H,9-16H2,1-4H3,(H,31,35)/t18-,23?,24?/m0/s1. The molecule has 0 radical (unpaired) electrons. The van der Waals surface area contributed by atoms with E-state index in [0.717, 1.165) is 40.5 Å². The molecule has 202 valence electrons. The second kappa shape index (κ2) is 12.3. The molecule has 2 unspecified atom stereocenters. The van der Waals surface area contributed by atoms with Gasteiger partial charge in [0.1, 0.15) is 6.04 Å². The lowest BCUT2D eigenvalue weighted by Crippen LogP contribution is -2.47. The van der Waals surface area contributed by atoms with Crippen molar-refractivity contribution in [1.29, 1.82) is 0 Å². The number of piperidine rings is 1. The molecule has 37 heavy (non-hydrogen) atoms. The summed E-state index contributed by atoms with van der Waals surface area (Å²) in [7, 11) is 0. The van der Waals surface area contributed by atoms with Crippen molar-refractivity contribution in [2.45, 2.75) is 76.3 Å². The zero-order valence-electron chi connectivity index (χ0n) is 22.3. The number of β-amino-alcohol motifs (C(OH)–C–C–N with tert-alkyl or cyclic N) is 1. The van der Waals surface area contributed by atoms with E-state index < -0.39 is 12.1 Å². The van der Waals surface area contributed by atoms with Crippen molar-refractivity contribution in [3.63, 3.8) is 0 Å². The molecule has 1 aromatic heterocycles. The molecule has 9 heteroatoms. The number of rotatable bonds is 9. The van der Waals surface area contributed by atoms with E-state index in [1.54, 1.807) is 16.2 Å². The van der Waals surface area contributed by atoms with E-state index in [-0.39, 0.29) is 35.6 Å². The van der Waals surface area contributed by atoms with Gasteiger partial charge in [-0.2, -0.15) is 11.8 Å². The number of aromatic nitrogens is 1. The molecular formula is C28H40N4O3S2. The molecule has 0 saturated carbocycles. The molecule has 4 rings (SSSR count). The van der Waals surface area contributed by atoms with Crippen molar-refractivity contribution in [2.75, 3.05) is 25.4 Å². The summed E-state index contributed by atoms with van der Waals surface area (Å²) >= 11 is 3.47. The number of carbonyl (C=O) groups is 2. The van der Waals surface area contributed by atoms with Crippen LogP contribution in [0, 0.1) is 12.8 Å². The second-order valence-electron chi connectivity index (χ2n) is 11.0.